The number of piperazine rings is 1. The second-order valence-electron chi connectivity index (χ2n) is 5.44. The first-order valence-electron chi connectivity index (χ1n) is 7.02. The molecule has 1 aromatic carbocycles. The van der Waals surface area contributed by atoms with Crippen LogP contribution < -0.4 is 5.73 Å². The van der Waals surface area contributed by atoms with E-state index in [2.05, 4.69) is 27.8 Å². The topological polar surface area (TPSA) is 49.6 Å². The van der Waals surface area contributed by atoms with Gasteiger partial charge in [0.05, 0.1) is 0 Å². The maximum Gasteiger partial charge on any atom is 0.247 e. The average molecular weight is 413 g/mol. The van der Waals surface area contributed by atoms with Gasteiger partial charge in [-0.05, 0) is 31.2 Å². The van der Waals surface area contributed by atoms with E-state index in [1.165, 1.54) is 0 Å². The lowest BCUT2D eigenvalue weighted by molar-refractivity contribution is -0.138. The summed E-state index contributed by atoms with van der Waals surface area (Å²) in [5, 5.41) is 0. The molecule has 0 spiro atoms. The number of hydrogen-bond donors (Lipinski definition) is 1. The van der Waals surface area contributed by atoms with Crippen LogP contribution in [-0.4, -0.2) is 48.4 Å². The number of hydrogen-bond acceptors (Lipinski definition) is 3. The maximum absolute atomic E-state index is 12.7. The minimum absolute atomic E-state index is 0. The highest BCUT2D eigenvalue weighted by atomic mass is 79.9. The van der Waals surface area contributed by atoms with Crippen molar-refractivity contribution in [3.63, 3.8) is 0 Å². The molecule has 22 heavy (non-hydrogen) atoms. The second-order valence-corrected chi connectivity index (χ2v) is 6.35. The van der Waals surface area contributed by atoms with Gasteiger partial charge in [0.1, 0.15) is 5.54 Å². The van der Waals surface area contributed by atoms with Crippen molar-refractivity contribution in [1.29, 1.82) is 0 Å². The van der Waals surface area contributed by atoms with Crippen LogP contribution in [0.2, 0.25) is 0 Å². The van der Waals surface area contributed by atoms with Gasteiger partial charge >= 0.3 is 0 Å². The minimum atomic E-state index is -0.963. The molecule has 0 aromatic heterocycles. The molecule has 2 N–H and O–H groups in total. The molecule has 1 aliphatic rings. The van der Waals surface area contributed by atoms with E-state index < -0.39 is 5.54 Å². The Labute approximate surface area is 153 Å². The Morgan fingerprint density at radius 1 is 1.18 bits per heavy atom. The molecule has 7 heteroatoms. The van der Waals surface area contributed by atoms with Crippen LogP contribution in [0.15, 0.2) is 28.7 Å². The summed E-state index contributed by atoms with van der Waals surface area (Å²) in [5.74, 6) is 0.00979. The summed E-state index contributed by atoms with van der Waals surface area (Å²) in [6, 6.07) is 7.65. The van der Waals surface area contributed by atoms with Crippen molar-refractivity contribution in [2.45, 2.75) is 19.4 Å². The molecule has 126 valence electrons. The Hall–Kier alpha value is -0.330. The standard InChI is InChI=1S/C15H22BrN3O.2ClH/c1-3-18-8-10-19(11-9-18)14(20)15(2,17)12-4-6-13(16)7-5-12;;/h4-7H,3,8-11,17H2,1-2H3;2*1H. The van der Waals surface area contributed by atoms with E-state index in [0.717, 1.165) is 42.8 Å². The molecule has 4 nitrogen and oxygen atoms in total. The molecule has 0 bridgehead atoms. The molecule has 1 aliphatic heterocycles. The summed E-state index contributed by atoms with van der Waals surface area (Å²) >= 11 is 3.40. The number of halogens is 3. The van der Waals surface area contributed by atoms with Gasteiger partial charge in [-0.25, -0.2) is 0 Å². The van der Waals surface area contributed by atoms with Crippen LogP contribution in [-0.2, 0) is 10.3 Å². The Kier molecular flexibility index (Phi) is 8.95. The molecule has 1 fully saturated rings. The van der Waals surface area contributed by atoms with Crippen molar-refractivity contribution in [3.05, 3.63) is 34.3 Å². The number of carbonyl (C=O) groups excluding carboxylic acids is 1. The molecule has 1 unspecified atom stereocenters. The van der Waals surface area contributed by atoms with Gasteiger partial charge in [-0.15, -0.1) is 24.8 Å². The number of nitrogens with two attached hydrogens (primary N) is 1. The molecule has 1 heterocycles. The van der Waals surface area contributed by atoms with Crippen LogP contribution >= 0.6 is 40.7 Å². The Morgan fingerprint density at radius 3 is 2.14 bits per heavy atom. The van der Waals surface area contributed by atoms with E-state index in [-0.39, 0.29) is 30.7 Å². The number of likely N-dealkylation sites (N-methyl/N-ethyl adjacent to an activating group) is 1. The number of carbonyl (C=O) groups is 1. The zero-order valence-corrected chi connectivity index (χ0v) is 16.1. The molecule has 0 aliphatic carbocycles. The van der Waals surface area contributed by atoms with Gasteiger partial charge in [0, 0.05) is 30.7 Å². The van der Waals surface area contributed by atoms with E-state index in [0.29, 0.717) is 0 Å². The summed E-state index contributed by atoms with van der Waals surface area (Å²) in [5.41, 5.74) is 6.20. The second kappa shape index (κ2) is 9.08. The van der Waals surface area contributed by atoms with E-state index in [1.54, 1.807) is 6.92 Å². The normalized spacial score (nSPS) is 17.9. The fourth-order valence-electron chi connectivity index (χ4n) is 2.52. The van der Waals surface area contributed by atoms with Crippen molar-refractivity contribution in [1.82, 2.24) is 9.80 Å². The first-order valence-corrected chi connectivity index (χ1v) is 7.81. The van der Waals surface area contributed by atoms with E-state index in [9.17, 15) is 4.79 Å². The average Bonchev–Trinajstić information content (AvgIpc) is 2.47. The van der Waals surface area contributed by atoms with Gasteiger partial charge in [0.2, 0.25) is 5.91 Å². The van der Waals surface area contributed by atoms with Crippen molar-refractivity contribution in [3.8, 4) is 0 Å². The lowest BCUT2D eigenvalue weighted by Crippen LogP contribution is -2.56. The van der Waals surface area contributed by atoms with Crippen molar-refractivity contribution >= 4 is 46.7 Å². The van der Waals surface area contributed by atoms with Gasteiger partial charge in [-0.1, -0.05) is 35.0 Å². The number of benzene rings is 1. The van der Waals surface area contributed by atoms with Crippen LogP contribution in [0.4, 0.5) is 0 Å². The van der Waals surface area contributed by atoms with Gasteiger partial charge in [0.25, 0.3) is 0 Å². The van der Waals surface area contributed by atoms with Crippen LogP contribution in [0.5, 0.6) is 0 Å². The molecule has 1 saturated heterocycles. The van der Waals surface area contributed by atoms with Gasteiger partial charge in [0.15, 0.2) is 0 Å². The first kappa shape index (κ1) is 21.7. The van der Waals surface area contributed by atoms with E-state index in [4.69, 9.17) is 5.73 Å². The fraction of sp³-hybridized carbons (Fsp3) is 0.533. The number of amides is 1. The van der Waals surface area contributed by atoms with Crippen LogP contribution in [0.25, 0.3) is 0 Å². The molecular formula is C15H24BrCl2N3O. The van der Waals surface area contributed by atoms with Crippen molar-refractivity contribution in [2.24, 2.45) is 5.73 Å². The van der Waals surface area contributed by atoms with Crippen LogP contribution in [0.1, 0.15) is 19.4 Å². The summed E-state index contributed by atoms with van der Waals surface area (Å²) in [6.07, 6.45) is 0. The first-order chi connectivity index (χ1) is 9.45. The van der Waals surface area contributed by atoms with E-state index >= 15 is 0 Å². The highest BCUT2D eigenvalue weighted by molar-refractivity contribution is 9.10. The maximum atomic E-state index is 12.7. The summed E-state index contributed by atoms with van der Waals surface area (Å²) in [6.45, 7) is 8.36. The Bertz CT molecular complexity index is 474. The van der Waals surface area contributed by atoms with Gasteiger partial charge in [-0.2, -0.15) is 0 Å². The highest BCUT2D eigenvalue weighted by Gasteiger charge is 2.35. The molecule has 1 atom stereocenters. The molecule has 0 radical (unpaired) electrons. The molecule has 1 amide bonds. The summed E-state index contributed by atoms with van der Waals surface area (Å²) in [4.78, 5) is 16.9. The zero-order valence-electron chi connectivity index (χ0n) is 12.9. The largest absolute Gasteiger partial charge is 0.338 e. The SMILES string of the molecule is CCN1CCN(C(=O)C(C)(N)c2ccc(Br)cc2)CC1.Cl.Cl. The van der Waals surface area contributed by atoms with E-state index in [1.807, 2.05) is 29.2 Å². The Morgan fingerprint density at radius 2 is 1.68 bits per heavy atom. The predicted octanol–water partition coefficient (Wildman–Crippen LogP) is 2.63. The smallest absolute Gasteiger partial charge is 0.247 e. The van der Waals surface area contributed by atoms with Gasteiger partial charge < -0.3 is 15.5 Å². The summed E-state index contributed by atoms with van der Waals surface area (Å²) in [7, 11) is 0. The lowest BCUT2D eigenvalue weighted by Gasteiger charge is -2.38. The monoisotopic (exact) mass is 411 g/mol. The number of rotatable bonds is 3. The van der Waals surface area contributed by atoms with Gasteiger partial charge in [-0.3, -0.25) is 4.79 Å². The Balaban J connectivity index is 0.00000220. The molecule has 2 rings (SSSR count). The third-order valence-corrected chi connectivity index (χ3v) is 4.52. The van der Waals surface area contributed by atoms with Crippen LogP contribution in [0, 0.1) is 0 Å². The third-order valence-electron chi connectivity index (χ3n) is 3.99. The van der Waals surface area contributed by atoms with Crippen molar-refractivity contribution in [2.75, 3.05) is 32.7 Å². The zero-order chi connectivity index (χ0) is 14.8. The quantitative estimate of drug-likeness (QED) is 0.829. The van der Waals surface area contributed by atoms with Crippen LogP contribution in [0.3, 0.4) is 0 Å². The predicted molar refractivity (Wildman–Crippen MR) is 98.9 cm³/mol. The molecule has 1 aromatic rings. The third kappa shape index (κ3) is 4.83. The minimum Gasteiger partial charge on any atom is -0.338 e. The number of nitrogens with zero attached hydrogens (tertiary/aromatic N) is 2. The van der Waals surface area contributed by atoms with Crippen molar-refractivity contribution < 1.29 is 4.79 Å². The fourth-order valence-corrected chi connectivity index (χ4v) is 2.78. The highest BCUT2D eigenvalue weighted by Crippen LogP contribution is 2.23. The summed E-state index contributed by atoms with van der Waals surface area (Å²) < 4.78 is 0.987. The lowest BCUT2D eigenvalue weighted by atomic mass is 9.91. The molecule has 0 saturated carbocycles. The molecular weight excluding hydrogens is 389 g/mol.